The summed E-state index contributed by atoms with van der Waals surface area (Å²) >= 11 is 12.2. The minimum absolute atomic E-state index is 0.0174. The molecule has 2 amide bonds. The molecule has 0 radical (unpaired) electrons. The van der Waals surface area contributed by atoms with Crippen LogP contribution < -0.4 is 4.90 Å². The highest BCUT2D eigenvalue weighted by molar-refractivity contribution is 6.42. The van der Waals surface area contributed by atoms with Crippen molar-refractivity contribution in [1.29, 1.82) is 0 Å². The van der Waals surface area contributed by atoms with E-state index in [0.717, 1.165) is 0 Å². The zero-order valence-electron chi connectivity index (χ0n) is 18.5. The molecule has 0 fully saturated rings. The largest absolute Gasteiger partial charge is 0.345 e. The van der Waals surface area contributed by atoms with Gasteiger partial charge in [-0.1, -0.05) is 35.3 Å². The van der Waals surface area contributed by atoms with Crippen LogP contribution in [0.5, 0.6) is 0 Å². The van der Waals surface area contributed by atoms with Gasteiger partial charge in [-0.05, 0) is 42.8 Å². The van der Waals surface area contributed by atoms with Gasteiger partial charge in [-0.2, -0.15) is 0 Å². The minimum Gasteiger partial charge on any atom is -0.345 e. The van der Waals surface area contributed by atoms with E-state index in [2.05, 4.69) is 10.1 Å². The summed E-state index contributed by atoms with van der Waals surface area (Å²) in [6.45, 7) is 2.55. The molecule has 1 aromatic heterocycles. The molecule has 0 N–H and O–H groups in total. The summed E-state index contributed by atoms with van der Waals surface area (Å²) in [5, 5.41) is 4.82. The van der Waals surface area contributed by atoms with Crippen molar-refractivity contribution < 1.29 is 14.4 Å². The van der Waals surface area contributed by atoms with Crippen LogP contribution in [-0.4, -0.2) is 51.4 Å². The van der Waals surface area contributed by atoms with E-state index < -0.39 is 18.1 Å². The fourth-order valence-corrected chi connectivity index (χ4v) is 3.42. The van der Waals surface area contributed by atoms with Crippen LogP contribution in [0.2, 0.25) is 10.0 Å². The molecule has 8 nitrogen and oxygen atoms in total. The summed E-state index contributed by atoms with van der Waals surface area (Å²) in [7, 11) is 3.30. The lowest BCUT2D eigenvalue weighted by atomic mass is 10.1. The summed E-state index contributed by atoms with van der Waals surface area (Å²) in [5.74, 6) is -1.18. The van der Waals surface area contributed by atoms with Gasteiger partial charge in [0.15, 0.2) is 0 Å². The lowest BCUT2D eigenvalue weighted by molar-refractivity contribution is -0.117. The second-order valence-electron chi connectivity index (χ2n) is 7.50. The van der Waals surface area contributed by atoms with Crippen LogP contribution in [0.3, 0.4) is 0 Å². The van der Waals surface area contributed by atoms with Gasteiger partial charge in [0.2, 0.25) is 17.5 Å². The number of ketones is 1. The van der Waals surface area contributed by atoms with Crippen molar-refractivity contribution in [1.82, 2.24) is 19.7 Å². The number of anilines is 1. The Kier molecular flexibility index (Phi) is 7.84. The molecule has 33 heavy (non-hydrogen) atoms. The van der Waals surface area contributed by atoms with Crippen molar-refractivity contribution in [2.45, 2.75) is 26.4 Å². The Hall–Kier alpha value is -3.23. The molecule has 172 valence electrons. The van der Waals surface area contributed by atoms with Crippen molar-refractivity contribution in [2.75, 3.05) is 19.0 Å². The van der Waals surface area contributed by atoms with Crippen LogP contribution in [0.25, 0.3) is 0 Å². The number of carbonyl (C=O) groups excluding carboxylic acids is 3. The second-order valence-corrected chi connectivity index (χ2v) is 8.32. The average molecular weight is 488 g/mol. The van der Waals surface area contributed by atoms with E-state index in [1.165, 1.54) is 20.8 Å². The Bertz CT molecular complexity index is 1190. The second kappa shape index (κ2) is 10.6. The Labute approximate surface area is 201 Å². The van der Waals surface area contributed by atoms with Crippen molar-refractivity contribution in [3.63, 3.8) is 0 Å². The van der Waals surface area contributed by atoms with Gasteiger partial charge in [-0.15, -0.1) is 5.10 Å². The molecule has 3 rings (SSSR count). The van der Waals surface area contributed by atoms with Gasteiger partial charge in [-0.3, -0.25) is 19.1 Å². The molecule has 0 aliphatic carbocycles. The molecule has 0 aliphatic rings. The van der Waals surface area contributed by atoms with Crippen LogP contribution >= 0.6 is 23.2 Å². The van der Waals surface area contributed by atoms with Crippen LogP contribution in [0.15, 0.2) is 48.8 Å². The lowest BCUT2D eigenvalue weighted by Crippen LogP contribution is -2.32. The number of nitrogens with zero attached hydrogens (tertiary/aromatic N) is 5. The maximum absolute atomic E-state index is 13.3. The molecule has 3 aromatic rings. The van der Waals surface area contributed by atoms with Crippen molar-refractivity contribution >= 4 is 46.5 Å². The molecule has 0 unspecified atom stereocenters. The molecule has 1 heterocycles. The highest BCUT2D eigenvalue weighted by Gasteiger charge is 2.23. The third kappa shape index (κ3) is 5.97. The molecule has 0 saturated heterocycles. The van der Waals surface area contributed by atoms with Gasteiger partial charge in [-0.25, -0.2) is 4.98 Å². The SMILES string of the molecule is CCn1cnc(C(=O)CC(=O)N(Cc2ccc(Cl)c(Cl)c2)c2cccc(C(=O)N(C)C)c2)n1. The maximum Gasteiger partial charge on any atom is 0.253 e. The first-order valence-electron chi connectivity index (χ1n) is 10.2. The highest BCUT2D eigenvalue weighted by Crippen LogP contribution is 2.26. The molecule has 10 heteroatoms. The van der Waals surface area contributed by atoms with Crippen LogP contribution in [0.4, 0.5) is 5.69 Å². The standard InChI is InChI=1S/C23H23Cl2N5O3/c1-4-29-14-26-22(27-29)20(31)12-21(32)30(13-15-8-9-18(24)19(25)10-15)17-7-5-6-16(11-17)23(33)28(2)3/h5-11,14H,4,12-13H2,1-3H3. The third-order valence-corrected chi connectivity index (χ3v) is 5.60. The summed E-state index contributed by atoms with van der Waals surface area (Å²) in [5.41, 5.74) is 1.60. The average Bonchev–Trinajstić information content (AvgIpc) is 3.28. The van der Waals surface area contributed by atoms with Crippen molar-refractivity contribution in [3.8, 4) is 0 Å². The van der Waals surface area contributed by atoms with E-state index in [4.69, 9.17) is 23.2 Å². The van der Waals surface area contributed by atoms with Gasteiger partial charge < -0.3 is 9.80 Å². The first-order chi connectivity index (χ1) is 15.7. The number of aromatic nitrogens is 3. The Morgan fingerprint density at radius 1 is 1.03 bits per heavy atom. The van der Waals surface area contributed by atoms with E-state index in [1.54, 1.807) is 56.6 Å². The van der Waals surface area contributed by atoms with Crippen LogP contribution in [0, 0.1) is 0 Å². The Morgan fingerprint density at radius 3 is 2.42 bits per heavy atom. The first kappa shape index (κ1) is 24.4. The number of carbonyl (C=O) groups is 3. The number of halogens is 2. The zero-order chi connectivity index (χ0) is 24.1. The van der Waals surface area contributed by atoms with Gasteiger partial charge in [0.05, 0.1) is 23.0 Å². The number of hydrogen-bond donors (Lipinski definition) is 0. The smallest absolute Gasteiger partial charge is 0.253 e. The summed E-state index contributed by atoms with van der Waals surface area (Å²) < 4.78 is 1.52. The predicted octanol–water partition coefficient (Wildman–Crippen LogP) is 4.11. The normalized spacial score (nSPS) is 10.7. The fourth-order valence-electron chi connectivity index (χ4n) is 3.10. The fraction of sp³-hybridized carbons (Fsp3) is 0.261. The number of amides is 2. The van der Waals surface area contributed by atoms with Crippen molar-refractivity contribution in [3.05, 3.63) is 75.8 Å². The van der Waals surface area contributed by atoms with Gasteiger partial charge >= 0.3 is 0 Å². The summed E-state index contributed by atoms with van der Waals surface area (Å²) in [6, 6.07) is 11.7. The highest BCUT2D eigenvalue weighted by atomic mass is 35.5. The van der Waals surface area contributed by atoms with Crippen LogP contribution in [-0.2, 0) is 17.9 Å². The molecular weight excluding hydrogens is 465 g/mol. The van der Waals surface area contributed by atoms with Crippen molar-refractivity contribution in [2.24, 2.45) is 0 Å². The van der Waals surface area contributed by atoms with E-state index >= 15 is 0 Å². The quantitative estimate of drug-likeness (QED) is 0.352. The van der Waals surface area contributed by atoms with E-state index in [9.17, 15) is 14.4 Å². The molecular formula is C23H23Cl2N5O3. The van der Waals surface area contributed by atoms with Gasteiger partial charge in [0.1, 0.15) is 6.33 Å². The molecule has 0 aliphatic heterocycles. The van der Waals surface area contributed by atoms with E-state index in [-0.39, 0.29) is 18.3 Å². The molecule has 0 atom stereocenters. The molecule has 0 saturated carbocycles. The zero-order valence-corrected chi connectivity index (χ0v) is 20.0. The predicted molar refractivity (Wildman–Crippen MR) is 127 cm³/mol. The van der Waals surface area contributed by atoms with Crippen LogP contribution in [0.1, 0.15) is 39.9 Å². The topological polar surface area (TPSA) is 88.4 Å². The third-order valence-electron chi connectivity index (χ3n) is 4.86. The Morgan fingerprint density at radius 2 is 1.79 bits per heavy atom. The number of aryl methyl sites for hydroxylation is 1. The number of Topliss-reactive ketones (excluding diaryl/α,β-unsaturated/α-hetero) is 1. The molecule has 0 spiro atoms. The lowest BCUT2D eigenvalue weighted by Gasteiger charge is -2.24. The number of hydrogen-bond acceptors (Lipinski definition) is 5. The number of rotatable bonds is 8. The summed E-state index contributed by atoms with van der Waals surface area (Å²) in [4.78, 5) is 45.2. The summed E-state index contributed by atoms with van der Waals surface area (Å²) in [6.07, 6.45) is 1.02. The minimum atomic E-state index is -0.494. The Balaban J connectivity index is 1.93. The van der Waals surface area contributed by atoms with E-state index in [1.807, 2.05) is 6.92 Å². The van der Waals surface area contributed by atoms with E-state index in [0.29, 0.717) is 33.4 Å². The molecule has 0 bridgehead atoms. The first-order valence-corrected chi connectivity index (χ1v) is 10.9. The monoisotopic (exact) mass is 487 g/mol. The number of benzene rings is 2. The molecule has 2 aromatic carbocycles. The maximum atomic E-state index is 13.3. The van der Waals surface area contributed by atoms with Gasteiger partial charge in [0, 0.05) is 31.9 Å². The van der Waals surface area contributed by atoms with Gasteiger partial charge in [0.25, 0.3) is 5.91 Å².